The lowest BCUT2D eigenvalue weighted by Gasteiger charge is -2.02. The van der Waals surface area contributed by atoms with Crippen LogP contribution in [-0.2, 0) is 6.61 Å². The van der Waals surface area contributed by atoms with Gasteiger partial charge in [0.15, 0.2) is 0 Å². The molecule has 14 heavy (non-hydrogen) atoms. The van der Waals surface area contributed by atoms with Crippen LogP contribution >= 0.6 is 11.6 Å². The van der Waals surface area contributed by atoms with Crippen LogP contribution in [0.3, 0.4) is 0 Å². The van der Waals surface area contributed by atoms with Gasteiger partial charge >= 0.3 is 0 Å². The van der Waals surface area contributed by atoms with Crippen LogP contribution in [0.4, 0.5) is 0 Å². The van der Waals surface area contributed by atoms with E-state index in [4.69, 9.17) is 16.7 Å². The molecule has 0 fully saturated rings. The van der Waals surface area contributed by atoms with Crippen LogP contribution in [0.2, 0.25) is 0 Å². The number of benzene rings is 1. The van der Waals surface area contributed by atoms with Gasteiger partial charge in [-0.05, 0) is 30.0 Å². The van der Waals surface area contributed by atoms with Gasteiger partial charge < -0.3 is 5.11 Å². The number of halogens is 1. The van der Waals surface area contributed by atoms with Gasteiger partial charge in [-0.1, -0.05) is 30.4 Å². The van der Waals surface area contributed by atoms with Crippen molar-refractivity contribution in [2.75, 3.05) is 5.88 Å². The van der Waals surface area contributed by atoms with Crippen LogP contribution in [-0.4, -0.2) is 11.0 Å². The van der Waals surface area contributed by atoms with Crippen LogP contribution in [0.15, 0.2) is 24.3 Å². The lowest BCUT2D eigenvalue weighted by molar-refractivity contribution is 0.281. The van der Waals surface area contributed by atoms with Gasteiger partial charge in [0, 0.05) is 5.88 Å². The maximum absolute atomic E-state index is 8.99. The molecule has 0 aromatic heterocycles. The zero-order valence-electron chi connectivity index (χ0n) is 8.33. The summed E-state index contributed by atoms with van der Waals surface area (Å²) in [5.41, 5.74) is 3.27. The Kier molecular flexibility index (Phi) is 4.71. The van der Waals surface area contributed by atoms with Gasteiger partial charge in [-0.2, -0.15) is 0 Å². The Balaban J connectivity index is 2.76. The molecule has 0 spiro atoms. The summed E-state index contributed by atoms with van der Waals surface area (Å²) in [5, 5.41) is 8.99. The SMILES string of the molecule is Cc1cc(C=CCCCl)ccc1CO. The Bertz CT molecular complexity index is 318. The number of aliphatic hydroxyl groups is 1. The monoisotopic (exact) mass is 210 g/mol. The van der Waals surface area contributed by atoms with Gasteiger partial charge in [0.25, 0.3) is 0 Å². The number of alkyl halides is 1. The summed E-state index contributed by atoms with van der Waals surface area (Å²) < 4.78 is 0. The zero-order valence-corrected chi connectivity index (χ0v) is 9.09. The van der Waals surface area contributed by atoms with Crippen molar-refractivity contribution >= 4 is 17.7 Å². The summed E-state index contributed by atoms with van der Waals surface area (Å²) in [7, 11) is 0. The van der Waals surface area contributed by atoms with Crippen LogP contribution < -0.4 is 0 Å². The second kappa shape index (κ2) is 5.84. The summed E-state index contributed by atoms with van der Waals surface area (Å²) in [6.45, 7) is 2.11. The molecule has 2 heteroatoms. The second-order valence-electron chi connectivity index (χ2n) is 3.22. The molecule has 1 rings (SSSR count). The maximum atomic E-state index is 8.99. The van der Waals surface area contributed by atoms with Gasteiger partial charge in [-0.15, -0.1) is 11.6 Å². The van der Waals surface area contributed by atoms with Crippen LogP contribution in [0.25, 0.3) is 6.08 Å². The van der Waals surface area contributed by atoms with E-state index in [0.717, 1.165) is 23.1 Å². The third-order valence-corrected chi connectivity index (χ3v) is 2.34. The Labute approximate surface area is 90.0 Å². The Morgan fingerprint density at radius 3 is 2.79 bits per heavy atom. The molecule has 0 saturated heterocycles. The van der Waals surface area contributed by atoms with E-state index >= 15 is 0 Å². The van der Waals surface area contributed by atoms with Gasteiger partial charge in [0.05, 0.1) is 6.61 Å². The van der Waals surface area contributed by atoms with E-state index in [1.54, 1.807) is 0 Å². The van der Waals surface area contributed by atoms with Gasteiger partial charge in [0.1, 0.15) is 0 Å². The molecule has 0 bridgehead atoms. The molecule has 0 unspecified atom stereocenters. The van der Waals surface area contributed by atoms with E-state index in [0.29, 0.717) is 5.88 Å². The van der Waals surface area contributed by atoms with E-state index in [1.165, 1.54) is 0 Å². The van der Waals surface area contributed by atoms with Gasteiger partial charge in [0.2, 0.25) is 0 Å². The number of rotatable bonds is 4. The minimum atomic E-state index is 0.109. The third-order valence-electron chi connectivity index (χ3n) is 2.12. The van der Waals surface area contributed by atoms with Crippen molar-refractivity contribution in [3.05, 3.63) is 41.0 Å². The first-order chi connectivity index (χ1) is 6.77. The zero-order chi connectivity index (χ0) is 10.4. The smallest absolute Gasteiger partial charge is 0.0684 e. The number of hydrogen-bond donors (Lipinski definition) is 1. The van der Waals surface area contributed by atoms with E-state index in [-0.39, 0.29) is 6.61 Å². The maximum Gasteiger partial charge on any atom is 0.0684 e. The number of hydrogen-bond acceptors (Lipinski definition) is 1. The Morgan fingerprint density at radius 2 is 2.21 bits per heavy atom. The Hall–Kier alpha value is -0.790. The fraction of sp³-hybridized carbons (Fsp3) is 0.333. The molecule has 76 valence electrons. The summed E-state index contributed by atoms with van der Waals surface area (Å²) in [6, 6.07) is 6.02. The second-order valence-corrected chi connectivity index (χ2v) is 3.60. The fourth-order valence-corrected chi connectivity index (χ4v) is 1.41. The Morgan fingerprint density at radius 1 is 1.43 bits per heavy atom. The molecular formula is C12H15ClO. The van der Waals surface area contributed by atoms with Crippen molar-refractivity contribution in [2.24, 2.45) is 0 Å². The van der Waals surface area contributed by atoms with Gasteiger partial charge in [-0.25, -0.2) is 0 Å². The molecule has 0 saturated carbocycles. The summed E-state index contributed by atoms with van der Waals surface area (Å²) in [6.07, 6.45) is 5.00. The average Bonchev–Trinajstić information content (AvgIpc) is 2.18. The fourth-order valence-electron chi connectivity index (χ4n) is 1.28. The summed E-state index contributed by atoms with van der Waals surface area (Å²) in [4.78, 5) is 0. The highest BCUT2D eigenvalue weighted by Gasteiger charge is 1.96. The van der Waals surface area contributed by atoms with E-state index in [2.05, 4.69) is 18.2 Å². The topological polar surface area (TPSA) is 20.2 Å². The molecule has 0 aliphatic heterocycles. The highest BCUT2D eigenvalue weighted by Crippen LogP contribution is 2.12. The van der Waals surface area contributed by atoms with Gasteiger partial charge in [-0.3, -0.25) is 0 Å². The molecule has 0 amide bonds. The standard InChI is InChI=1S/C12H15ClO/c1-10-8-11(4-2-3-7-13)5-6-12(10)9-14/h2,4-6,8,14H,3,7,9H2,1H3. The average molecular weight is 211 g/mol. The molecule has 1 nitrogen and oxygen atoms in total. The molecule has 1 aromatic carbocycles. The number of aryl methyl sites for hydroxylation is 1. The highest BCUT2D eigenvalue weighted by molar-refractivity contribution is 6.17. The van der Waals surface area contributed by atoms with E-state index in [9.17, 15) is 0 Å². The summed E-state index contributed by atoms with van der Waals surface area (Å²) in [5.74, 6) is 0.657. The molecule has 0 aliphatic rings. The van der Waals surface area contributed by atoms with Crippen molar-refractivity contribution in [3.63, 3.8) is 0 Å². The predicted molar refractivity (Wildman–Crippen MR) is 61.5 cm³/mol. The first-order valence-corrected chi connectivity index (χ1v) is 5.24. The van der Waals surface area contributed by atoms with Crippen molar-refractivity contribution < 1.29 is 5.11 Å². The van der Waals surface area contributed by atoms with Crippen molar-refractivity contribution in [1.29, 1.82) is 0 Å². The quantitative estimate of drug-likeness (QED) is 0.758. The van der Waals surface area contributed by atoms with E-state index in [1.807, 2.05) is 19.1 Å². The molecule has 1 N–H and O–H groups in total. The summed E-state index contributed by atoms with van der Waals surface area (Å²) >= 11 is 5.56. The normalized spacial score (nSPS) is 11.1. The molecule has 0 atom stereocenters. The minimum absolute atomic E-state index is 0.109. The molecule has 0 radical (unpaired) electrons. The minimum Gasteiger partial charge on any atom is -0.392 e. The first kappa shape index (κ1) is 11.3. The lowest BCUT2D eigenvalue weighted by atomic mass is 10.1. The largest absolute Gasteiger partial charge is 0.392 e. The highest BCUT2D eigenvalue weighted by atomic mass is 35.5. The van der Waals surface area contributed by atoms with Crippen molar-refractivity contribution in [1.82, 2.24) is 0 Å². The number of allylic oxidation sites excluding steroid dienone is 1. The predicted octanol–water partition coefficient (Wildman–Crippen LogP) is 3.13. The van der Waals surface area contributed by atoms with Crippen LogP contribution in [0.5, 0.6) is 0 Å². The molecule has 0 heterocycles. The lowest BCUT2D eigenvalue weighted by Crippen LogP contribution is -1.88. The van der Waals surface area contributed by atoms with Crippen LogP contribution in [0, 0.1) is 6.92 Å². The third kappa shape index (κ3) is 3.17. The van der Waals surface area contributed by atoms with E-state index < -0.39 is 0 Å². The van der Waals surface area contributed by atoms with Crippen molar-refractivity contribution in [3.8, 4) is 0 Å². The van der Waals surface area contributed by atoms with Crippen LogP contribution in [0.1, 0.15) is 23.1 Å². The first-order valence-electron chi connectivity index (χ1n) is 4.71. The van der Waals surface area contributed by atoms with Crippen molar-refractivity contribution in [2.45, 2.75) is 20.0 Å². The molecule has 1 aromatic rings. The molecule has 0 aliphatic carbocycles. The molecular weight excluding hydrogens is 196 g/mol. The number of aliphatic hydroxyl groups excluding tert-OH is 1.